The van der Waals surface area contributed by atoms with Crippen molar-refractivity contribution in [3.05, 3.63) is 26.7 Å². The molecule has 0 unspecified atom stereocenters. The predicted molar refractivity (Wildman–Crippen MR) is 54.6 cm³/mol. The van der Waals surface area contributed by atoms with Crippen LogP contribution in [0, 0.1) is 12.3 Å². The summed E-state index contributed by atoms with van der Waals surface area (Å²) in [7, 11) is 0. The van der Waals surface area contributed by atoms with Gasteiger partial charge in [0.15, 0.2) is 17.0 Å². The second kappa shape index (κ2) is 3.13. The highest BCUT2D eigenvalue weighted by Crippen LogP contribution is 1.99. The molecule has 2 aromatic heterocycles. The van der Waals surface area contributed by atoms with Crippen molar-refractivity contribution in [2.24, 2.45) is 0 Å². The van der Waals surface area contributed by atoms with Crippen LogP contribution in [0.25, 0.3) is 11.2 Å². The fraction of sp³-hybridized carbons (Fsp3) is 0.222. The van der Waals surface area contributed by atoms with E-state index >= 15 is 0 Å². The van der Waals surface area contributed by atoms with Gasteiger partial charge in [-0.2, -0.15) is 0 Å². The van der Waals surface area contributed by atoms with Crippen LogP contribution in [-0.4, -0.2) is 19.5 Å². The zero-order chi connectivity index (χ0) is 11.0. The Balaban J connectivity index is 2.96. The fourth-order valence-electron chi connectivity index (χ4n) is 1.37. The molecule has 2 aromatic rings. The summed E-state index contributed by atoms with van der Waals surface area (Å²) in [5.41, 5.74) is -0.470. The molecule has 0 aromatic carbocycles. The zero-order valence-electron chi connectivity index (χ0n) is 8.00. The average molecular weight is 204 g/mol. The standard InChI is InChI=1S/C9H8N4O2/c1-3-5-10-6-7(11-5)12-9(15)13(4-2)8(6)14/h1H,4H2,2H3,(H,10,11)(H,12,15). The van der Waals surface area contributed by atoms with Gasteiger partial charge in [0, 0.05) is 6.54 Å². The molecule has 76 valence electrons. The third kappa shape index (κ3) is 1.25. The summed E-state index contributed by atoms with van der Waals surface area (Å²) in [6.45, 7) is 2.01. The van der Waals surface area contributed by atoms with Crippen molar-refractivity contribution in [2.45, 2.75) is 13.5 Å². The molecule has 0 bridgehead atoms. The van der Waals surface area contributed by atoms with Crippen LogP contribution < -0.4 is 11.2 Å². The van der Waals surface area contributed by atoms with Gasteiger partial charge in [-0.25, -0.2) is 9.78 Å². The van der Waals surface area contributed by atoms with E-state index in [9.17, 15) is 9.59 Å². The predicted octanol–water partition coefficient (Wildman–Crippen LogP) is -0.586. The van der Waals surface area contributed by atoms with E-state index in [2.05, 4.69) is 20.9 Å². The van der Waals surface area contributed by atoms with Gasteiger partial charge in [-0.3, -0.25) is 14.3 Å². The molecule has 2 rings (SSSR count). The van der Waals surface area contributed by atoms with Gasteiger partial charge in [-0.05, 0) is 12.8 Å². The van der Waals surface area contributed by atoms with Gasteiger partial charge in [-0.15, -0.1) is 6.42 Å². The van der Waals surface area contributed by atoms with Crippen LogP contribution in [0.4, 0.5) is 0 Å². The van der Waals surface area contributed by atoms with Crippen LogP contribution in [0.1, 0.15) is 12.7 Å². The number of fused-ring (bicyclic) bond motifs is 1. The van der Waals surface area contributed by atoms with Crippen LogP contribution in [-0.2, 0) is 6.54 Å². The van der Waals surface area contributed by atoms with E-state index in [0.717, 1.165) is 4.57 Å². The van der Waals surface area contributed by atoms with Crippen molar-refractivity contribution in [1.29, 1.82) is 0 Å². The van der Waals surface area contributed by atoms with Gasteiger partial charge < -0.3 is 4.98 Å². The number of hydrogen-bond acceptors (Lipinski definition) is 3. The van der Waals surface area contributed by atoms with Gasteiger partial charge >= 0.3 is 5.69 Å². The molecule has 6 heteroatoms. The first-order valence-corrected chi connectivity index (χ1v) is 4.36. The summed E-state index contributed by atoms with van der Waals surface area (Å²) < 4.78 is 1.07. The number of H-pyrrole nitrogens is 2. The fourth-order valence-corrected chi connectivity index (χ4v) is 1.37. The highest BCUT2D eigenvalue weighted by Gasteiger charge is 2.09. The number of aromatic nitrogens is 4. The highest BCUT2D eigenvalue weighted by atomic mass is 16.2. The van der Waals surface area contributed by atoms with E-state index in [1.165, 1.54) is 0 Å². The van der Waals surface area contributed by atoms with E-state index < -0.39 is 11.2 Å². The van der Waals surface area contributed by atoms with E-state index in [1.807, 2.05) is 0 Å². The van der Waals surface area contributed by atoms with Gasteiger partial charge in [0.2, 0.25) is 0 Å². The van der Waals surface area contributed by atoms with E-state index in [0.29, 0.717) is 6.54 Å². The van der Waals surface area contributed by atoms with Crippen LogP contribution in [0.3, 0.4) is 0 Å². The Labute approximate surface area is 84.0 Å². The molecule has 0 radical (unpaired) electrons. The monoisotopic (exact) mass is 204 g/mol. The second-order valence-corrected chi connectivity index (χ2v) is 2.93. The van der Waals surface area contributed by atoms with Crippen molar-refractivity contribution in [2.75, 3.05) is 0 Å². The van der Waals surface area contributed by atoms with Crippen molar-refractivity contribution in [3.63, 3.8) is 0 Å². The lowest BCUT2D eigenvalue weighted by Gasteiger charge is -1.97. The molecule has 0 amide bonds. The Kier molecular flexibility index (Phi) is 1.94. The molecule has 0 aliphatic rings. The van der Waals surface area contributed by atoms with Crippen LogP contribution in [0.5, 0.6) is 0 Å². The molecular formula is C9H8N4O2. The molecule has 15 heavy (non-hydrogen) atoms. The van der Waals surface area contributed by atoms with Crippen molar-refractivity contribution >= 4 is 11.2 Å². The number of rotatable bonds is 1. The molecule has 0 fully saturated rings. The van der Waals surface area contributed by atoms with Crippen LogP contribution in [0.15, 0.2) is 9.59 Å². The minimum atomic E-state index is -0.481. The summed E-state index contributed by atoms with van der Waals surface area (Å²) in [6.07, 6.45) is 5.13. The first-order chi connectivity index (χ1) is 7.17. The summed E-state index contributed by atoms with van der Waals surface area (Å²) in [6, 6.07) is 0. The largest absolute Gasteiger partial charge is 0.330 e. The van der Waals surface area contributed by atoms with Crippen LogP contribution >= 0.6 is 0 Å². The summed E-state index contributed by atoms with van der Waals surface area (Å²) >= 11 is 0. The van der Waals surface area contributed by atoms with Crippen LogP contribution in [0.2, 0.25) is 0 Å². The van der Waals surface area contributed by atoms with Crippen molar-refractivity contribution in [3.8, 4) is 12.3 Å². The molecule has 2 heterocycles. The van der Waals surface area contributed by atoms with Crippen molar-refractivity contribution < 1.29 is 0 Å². The van der Waals surface area contributed by atoms with Gasteiger partial charge in [0.05, 0.1) is 0 Å². The minimum absolute atomic E-state index is 0.197. The molecule has 6 nitrogen and oxygen atoms in total. The molecule has 0 spiro atoms. The third-order valence-corrected chi connectivity index (χ3v) is 2.09. The first-order valence-electron chi connectivity index (χ1n) is 4.36. The molecule has 0 atom stereocenters. The minimum Gasteiger partial charge on any atom is -0.325 e. The number of aromatic amines is 2. The Bertz CT molecular complexity index is 668. The SMILES string of the molecule is C#Cc1nc2[nH]c(=O)n(CC)c(=O)c2[nH]1. The lowest BCUT2D eigenvalue weighted by molar-refractivity contribution is 0.682. The third-order valence-electron chi connectivity index (χ3n) is 2.09. The topological polar surface area (TPSA) is 83.5 Å². The summed E-state index contributed by atoms with van der Waals surface area (Å²) in [5.74, 6) is 2.49. The number of nitrogens with zero attached hydrogens (tertiary/aromatic N) is 2. The quantitative estimate of drug-likeness (QED) is 0.609. The molecule has 0 aliphatic heterocycles. The first kappa shape index (κ1) is 9.27. The maximum Gasteiger partial charge on any atom is 0.330 e. The zero-order valence-corrected chi connectivity index (χ0v) is 8.00. The molecule has 0 saturated carbocycles. The number of imidazole rings is 1. The number of terminal acetylenes is 1. The molecule has 0 aliphatic carbocycles. The number of hydrogen-bond donors (Lipinski definition) is 2. The Morgan fingerprint density at radius 1 is 1.47 bits per heavy atom. The summed E-state index contributed by atoms with van der Waals surface area (Å²) in [4.78, 5) is 32.1. The molecule has 2 N–H and O–H groups in total. The van der Waals surface area contributed by atoms with E-state index in [1.54, 1.807) is 6.92 Å². The van der Waals surface area contributed by atoms with Gasteiger partial charge in [-0.1, -0.05) is 0 Å². The maximum absolute atomic E-state index is 11.7. The summed E-state index contributed by atoms with van der Waals surface area (Å²) in [5, 5.41) is 0. The lowest BCUT2D eigenvalue weighted by Crippen LogP contribution is -2.34. The van der Waals surface area contributed by atoms with Gasteiger partial charge in [0.1, 0.15) is 0 Å². The smallest absolute Gasteiger partial charge is 0.325 e. The Hall–Kier alpha value is -2.29. The average Bonchev–Trinajstić information content (AvgIpc) is 2.61. The Morgan fingerprint density at radius 2 is 2.20 bits per heavy atom. The molecular weight excluding hydrogens is 196 g/mol. The molecule has 0 saturated heterocycles. The Morgan fingerprint density at radius 3 is 2.80 bits per heavy atom. The maximum atomic E-state index is 11.7. The van der Waals surface area contributed by atoms with E-state index in [-0.39, 0.29) is 17.0 Å². The highest BCUT2D eigenvalue weighted by molar-refractivity contribution is 5.69. The van der Waals surface area contributed by atoms with Crippen molar-refractivity contribution in [1.82, 2.24) is 19.5 Å². The van der Waals surface area contributed by atoms with E-state index in [4.69, 9.17) is 6.42 Å². The second-order valence-electron chi connectivity index (χ2n) is 2.93. The number of nitrogens with one attached hydrogen (secondary N) is 2. The normalized spacial score (nSPS) is 10.4. The lowest BCUT2D eigenvalue weighted by atomic mass is 10.5. The van der Waals surface area contributed by atoms with Gasteiger partial charge in [0.25, 0.3) is 5.56 Å².